The molecule has 2 heteroatoms. The molecule has 70 valence electrons. The van der Waals surface area contributed by atoms with Crippen LogP contribution in [-0.2, 0) is 4.74 Å². The molecular weight excluding hydrogens is 150 g/mol. The average molecular weight is 169 g/mol. The molecule has 0 bridgehead atoms. The zero-order valence-corrected chi connectivity index (χ0v) is 7.72. The predicted molar refractivity (Wildman–Crippen MR) is 49.2 cm³/mol. The molecule has 1 saturated carbocycles. The van der Waals surface area contributed by atoms with E-state index < -0.39 is 0 Å². The van der Waals surface area contributed by atoms with Crippen molar-refractivity contribution >= 4 is 0 Å². The fraction of sp³-hybridized carbons (Fsp3) is 1.00. The molecule has 0 radical (unpaired) electrons. The van der Waals surface area contributed by atoms with Crippen molar-refractivity contribution < 1.29 is 4.74 Å². The van der Waals surface area contributed by atoms with Crippen LogP contribution in [0, 0.1) is 5.92 Å². The van der Waals surface area contributed by atoms with Crippen LogP contribution in [0.15, 0.2) is 0 Å². The van der Waals surface area contributed by atoms with Crippen LogP contribution < -0.4 is 5.32 Å². The Kier molecular flexibility index (Phi) is 3.01. The molecule has 2 fully saturated rings. The SMILES string of the molecule is C1CCC(CNC2CCOC2)C1. The highest BCUT2D eigenvalue weighted by Gasteiger charge is 2.19. The molecule has 1 unspecified atom stereocenters. The summed E-state index contributed by atoms with van der Waals surface area (Å²) in [7, 11) is 0. The van der Waals surface area contributed by atoms with Gasteiger partial charge in [-0.05, 0) is 31.7 Å². The standard InChI is InChI=1S/C10H19NO/c1-2-4-9(3-1)7-11-10-5-6-12-8-10/h9-11H,1-8H2. The number of nitrogens with one attached hydrogen (secondary N) is 1. The third-order valence-electron chi connectivity index (χ3n) is 3.10. The monoisotopic (exact) mass is 169 g/mol. The highest BCUT2D eigenvalue weighted by Crippen LogP contribution is 2.24. The van der Waals surface area contributed by atoms with Gasteiger partial charge in [0, 0.05) is 12.6 Å². The Morgan fingerprint density at radius 2 is 2.00 bits per heavy atom. The quantitative estimate of drug-likeness (QED) is 0.692. The van der Waals surface area contributed by atoms with E-state index in [4.69, 9.17) is 4.74 Å². The Hall–Kier alpha value is -0.0800. The zero-order chi connectivity index (χ0) is 8.23. The van der Waals surface area contributed by atoms with Crippen molar-refractivity contribution in [3.05, 3.63) is 0 Å². The van der Waals surface area contributed by atoms with Crippen molar-refractivity contribution in [2.45, 2.75) is 38.1 Å². The molecule has 0 aromatic rings. The van der Waals surface area contributed by atoms with Crippen LogP contribution in [0.5, 0.6) is 0 Å². The van der Waals surface area contributed by atoms with E-state index in [1.165, 1.54) is 38.6 Å². The van der Waals surface area contributed by atoms with Gasteiger partial charge in [0.1, 0.15) is 0 Å². The molecule has 2 aliphatic rings. The molecule has 12 heavy (non-hydrogen) atoms. The van der Waals surface area contributed by atoms with Crippen molar-refractivity contribution in [2.24, 2.45) is 5.92 Å². The van der Waals surface area contributed by atoms with E-state index in [0.29, 0.717) is 6.04 Å². The van der Waals surface area contributed by atoms with E-state index in [2.05, 4.69) is 5.32 Å². The Morgan fingerprint density at radius 1 is 1.17 bits per heavy atom. The lowest BCUT2D eigenvalue weighted by Gasteiger charge is -2.14. The van der Waals surface area contributed by atoms with Gasteiger partial charge in [0.25, 0.3) is 0 Å². The summed E-state index contributed by atoms with van der Waals surface area (Å²) in [5.74, 6) is 0.964. The summed E-state index contributed by atoms with van der Waals surface area (Å²) in [6, 6.07) is 0.658. The molecule has 1 aliphatic heterocycles. The van der Waals surface area contributed by atoms with E-state index >= 15 is 0 Å². The average Bonchev–Trinajstić information content (AvgIpc) is 2.74. The molecule has 0 amide bonds. The lowest BCUT2D eigenvalue weighted by molar-refractivity contribution is 0.189. The predicted octanol–water partition coefficient (Wildman–Crippen LogP) is 1.56. The number of ether oxygens (including phenoxy) is 1. The summed E-state index contributed by atoms with van der Waals surface area (Å²) in [6.45, 7) is 3.13. The fourth-order valence-corrected chi connectivity index (χ4v) is 2.24. The largest absolute Gasteiger partial charge is 0.380 e. The maximum Gasteiger partial charge on any atom is 0.0620 e. The van der Waals surface area contributed by atoms with Gasteiger partial charge in [0.2, 0.25) is 0 Å². The maximum atomic E-state index is 5.31. The Morgan fingerprint density at radius 3 is 2.67 bits per heavy atom. The van der Waals surface area contributed by atoms with Crippen LogP contribution in [0.2, 0.25) is 0 Å². The van der Waals surface area contributed by atoms with Gasteiger partial charge < -0.3 is 10.1 Å². The minimum Gasteiger partial charge on any atom is -0.380 e. The molecule has 0 aromatic carbocycles. The second kappa shape index (κ2) is 4.24. The summed E-state index contributed by atoms with van der Waals surface area (Å²) in [5.41, 5.74) is 0. The van der Waals surface area contributed by atoms with Crippen LogP contribution in [0.3, 0.4) is 0 Å². The van der Waals surface area contributed by atoms with Crippen molar-refractivity contribution in [2.75, 3.05) is 19.8 Å². The van der Waals surface area contributed by atoms with Gasteiger partial charge in [-0.25, -0.2) is 0 Å². The zero-order valence-electron chi connectivity index (χ0n) is 7.72. The van der Waals surface area contributed by atoms with Gasteiger partial charge in [-0.15, -0.1) is 0 Å². The van der Waals surface area contributed by atoms with Gasteiger partial charge in [0.15, 0.2) is 0 Å². The van der Waals surface area contributed by atoms with E-state index in [0.717, 1.165) is 19.1 Å². The molecule has 1 N–H and O–H groups in total. The summed E-state index contributed by atoms with van der Waals surface area (Å²) in [4.78, 5) is 0. The van der Waals surface area contributed by atoms with Crippen LogP contribution >= 0.6 is 0 Å². The van der Waals surface area contributed by atoms with E-state index in [1.54, 1.807) is 0 Å². The van der Waals surface area contributed by atoms with Gasteiger partial charge in [-0.2, -0.15) is 0 Å². The van der Waals surface area contributed by atoms with Crippen LogP contribution in [-0.4, -0.2) is 25.8 Å². The van der Waals surface area contributed by atoms with Gasteiger partial charge >= 0.3 is 0 Å². The molecule has 2 nitrogen and oxygen atoms in total. The number of hydrogen-bond acceptors (Lipinski definition) is 2. The molecule has 1 aliphatic carbocycles. The van der Waals surface area contributed by atoms with Crippen LogP contribution in [0.1, 0.15) is 32.1 Å². The summed E-state index contributed by atoms with van der Waals surface area (Å²) < 4.78 is 5.31. The first kappa shape index (κ1) is 8.52. The number of hydrogen-bond donors (Lipinski definition) is 1. The molecule has 2 rings (SSSR count). The Bertz CT molecular complexity index is 110. The minimum absolute atomic E-state index is 0.658. The first-order valence-corrected chi connectivity index (χ1v) is 5.26. The Balaban J connectivity index is 1.60. The molecule has 1 saturated heterocycles. The highest BCUT2D eigenvalue weighted by atomic mass is 16.5. The van der Waals surface area contributed by atoms with Crippen LogP contribution in [0.25, 0.3) is 0 Å². The third-order valence-corrected chi connectivity index (χ3v) is 3.10. The first-order valence-electron chi connectivity index (χ1n) is 5.26. The van der Waals surface area contributed by atoms with Crippen molar-refractivity contribution in [3.8, 4) is 0 Å². The Labute approximate surface area is 74.7 Å². The minimum atomic E-state index is 0.658. The van der Waals surface area contributed by atoms with E-state index in [9.17, 15) is 0 Å². The number of rotatable bonds is 3. The maximum absolute atomic E-state index is 5.31. The molecular formula is C10H19NO. The topological polar surface area (TPSA) is 21.3 Å². The molecule has 1 heterocycles. The van der Waals surface area contributed by atoms with E-state index in [-0.39, 0.29) is 0 Å². The second-order valence-corrected chi connectivity index (χ2v) is 4.12. The lowest BCUT2D eigenvalue weighted by Crippen LogP contribution is -2.32. The summed E-state index contributed by atoms with van der Waals surface area (Å²) in [6.07, 6.45) is 7.01. The lowest BCUT2D eigenvalue weighted by atomic mass is 10.1. The second-order valence-electron chi connectivity index (χ2n) is 4.12. The van der Waals surface area contributed by atoms with Crippen molar-refractivity contribution in [1.82, 2.24) is 5.32 Å². The molecule has 0 aromatic heterocycles. The highest BCUT2D eigenvalue weighted by molar-refractivity contribution is 4.75. The fourth-order valence-electron chi connectivity index (χ4n) is 2.24. The smallest absolute Gasteiger partial charge is 0.0620 e. The third kappa shape index (κ3) is 2.20. The van der Waals surface area contributed by atoms with Crippen molar-refractivity contribution in [3.63, 3.8) is 0 Å². The van der Waals surface area contributed by atoms with Gasteiger partial charge in [0.05, 0.1) is 6.61 Å². The summed E-state index contributed by atoms with van der Waals surface area (Å²) in [5, 5.41) is 3.60. The van der Waals surface area contributed by atoms with E-state index in [1.807, 2.05) is 0 Å². The van der Waals surface area contributed by atoms with Gasteiger partial charge in [-0.1, -0.05) is 12.8 Å². The summed E-state index contributed by atoms with van der Waals surface area (Å²) >= 11 is 0. The van der Waals surface area contributed by atoms with Crippen LogP contribution in [0.4, 0.5) is 0 Å². The van der Waals surface area contributed by atoms with Crippen molar-refractivity contribution in [1.29, 1.82) is 0 Å². The molecule has 1 atom stereocenters. The van der Waals surface area contributed by atoms with Gasteiger partial charge in [-0.3, -0.25) is 0 Å². The normalized spacial score (nSPS) is 31.5. The first-order chi connectivity index (χ1) is 5.95. The molecule has 0 spiro atoms.